The van der Waals surface area contributed by atoms with Crippen molar-refractivity contribution in [2.24, 2.45) is 5.41 Å². The van der Waals surface area contributed by atoms with Gasteiger partial charge in [0.05, 0.1) is 12.6 Å². The summed E-state index contributed by atoms with van der Waals surface area (Å²) in [6.07, 6.45) is 9.10. The maximum absolute atomic E-state index is 13.7. The lowest BCUT2D eigenvalue weighted by Crippen LogP contribution is -2.57. The summed E-state index contributed by atoms with van der Waals surface area (Å²) >= 11 is 0. The Labute approximate surface area is 203 Å². The Morgan fingerprint density at radius 3 is 2.49 bits per heavy atom. The second-order valence-corrected chi connectivity index (χ2v) is 10.8. The third-order valence-corrected chi connectivity index (χ3v) is 8.27. The van der Waals surface area contributed by atoms with Gasteiger partial charge in [-0.15, -0.1) is 0 Å². The molecule has 0 aromatic heterocycles. The van der Waals surface area contributed by atoms with Gasteiger partial charge in [0.15, 0.2) is 0 Å². The standard InChI is InChI=1S/C27H33F4N3O/c28-20-7-5-18(6-8-20)24-23-4-3-12-26(10-1-2-11-26)16-19(23)9-13-34(24)25(35)33-22-14-21(15-22)32-17-27(29,30)31/h3-8,21-22,24,32H,1-2,9-17H2,(H,33,35)/t21-,22+,24-/m0/s1. The first-order valence-electron chi connectivity index (χ1n) is 12.7. The second kappa shape index (κ2) is 9.60. The van der Waals surface area contributed by atoms with Gasteiger partial charge in [0.25, 0.3) is 0 Å². The van der Waals surface area contributed by atoms with E-state index < -0.39 is 12.7 Å². The van der Waals surface area contributed by atoms with Crippen molar-refractivity contribution in [2.75, 3.05) is 13.1 Å². The molecular formula is C27H33F4N3O. The zero-order valence-electron chi connectivity index (χ0n) is 19.8. The third kappa shape index (κ3) is 5.42. The Bertz CT molecular complexity index is 989. The Balaban J connectivity index is 1.33. The van der Waals surface area contributed by atoms with E-state index in [0.29, 0.717) is 24.8 Å². The molecule has 35 heavy (non-hydrogen) atoms. The SMILES string of the molecule is O=C(N[C@H]1C[C@@H](NCC(F)(F)F)C1)N1CCC2=C(C=CCC3(CCCC3)C2)[C@@H]1c1ccc(F)cc1. The molecule has 1 atom stereocenters. The molecule has 8 heteroatoms. The number of allylic oxidation sites excluding steroid dienone is 1. The summed E-state index contributed by atoms with van der Waals surface area (Å²) in [5, 5.41) is 5.54. The van der Waals surface area contributed by atoms with Gasteiger partial charge >= 0.3 is 12.2 Å². The van der Waals surface area contributed by atoms with Crippen molar-refractivity contribution in [2.45, 2.75) is 82.1 Å². The van der Waals surface area contributed by atoms with Crippen LogP contribution in [-0.2, 0) is 0 Å². The summed E-state index contributed by atoms with van der Waals surface area (Å²) in [5.74, 6) is -0.317. The largest absolute Gasteiger partial charge is 0.401 e. The molecule has 1 aromatic rings. The molecular weight excluding hydrogens is 458 g/mol. The highest BCUT2D eigenvalue weighted by molar-refractivity contribution is 5.76. The van der Waals surface area contributed by atoms with E-state index in [1.165, 1.54) is 43.4 Å². The molecule has 2 N–H and O–H groups in total. The van der Waals surface area contributed by atoms with Gasteiger partial charge in [-0.05, 0) is 73.6 Å². The molecule has 2 fully saturated rings. The van der Waals surface area contributed by atoms with Crippen molar-refractivity contribution < 1.29 is 22.4 Å². The highest BCUT2D eigenvalue weighted by Crippen LogP contribution is 2.51. The molecule has 4 aliphatic rings. The predicted octanol–water partition coefficient (Wildman–Crippen LogP) is 6.17. The second-order valence-electron chi connectivity index (χ2n) is 10.8. The number of nitrogens with zero attached hydrogens (tertiary/aromatic N) is 1. The van der Waals surface area contributed by atoms with Crippen LogP contribution in [0.5, 0.6) is 0 Å². The van der Waals surface area contributed by atoms with Crippen LogP contribution in [0.2, 0.25) is 0 Å². The Kier molecular flexibility index (Phi) is 6.68. The van der Waals surface area contributed by atoms with Gasteiger partial charge in [0.2, 0.25) is 0 Å². The molecule has 4 nitrogen and oxygen atoms in total. The van der Waals surface area contributed by atoms with Crippen molar-refractivity contribution in [3.63, 3.8) is 0 Å². The lowest BCUT2D eigenvalue weighted by molar-refractivity contribution is -0.127. The first-order chi connectivity index (χ1) is 16.7. The van der Waals surface area contributed by atoms with Crippen LogP contribution >= 0.6 is 0 Å². The van der Waals surface area contributed by atoms with E-state index in [0.717, 1.165) is 30.4 Å². The monoisotopic (exact) mass is 491 g/mol. The smallest absolute Gasteiger partial charge is 0.335 e. The third-order valence-electron chi connectivity index (χ3n) is 8.27. The number of carbonyl (C=O) groups is 1. The number of hydrogen-bond acceptors (Lipinski definition) is 2. The van der Waals surface area contributed by atoms with E-state index in [1.807, 2.05) is 4.90 Å². The molecule has 0 radical (unpaired) electrons. The molecule has 5 rings (SSSR count). The van der Waals surface area contributed by atoms with Gasteiger partial charge < -0.3 is 15.5 Å². The van der Waals surface area contributed by atoms with Crippen molar-refractivity contribution in [3.8, 4) is 0 Å². The average Bonchev–Trinajstić information content (AvgIpc) is 3.15. The topological polar surface area (TPSA) is 44.4 Å². The van der Waals surface area contributed by atoms with Gasteiger partial charge in [-0.3, -0.25) is 0 Å². The molecule has 2 amide bonds. The van der Waals surface area contributed by atoms with Gasteiger partial charge in [-0.25, -0.2) is 9.18 Å². The average molecular weight is 492 g/mol. The summed E-state index contributed by atoms with van der Waals surface area (Å²) in [7, 11) is 0. The molecule has 0 bridgehead atoms. The summed E-state index contributed by atoms with van der Waals surface area (Å²) in [6.45, 7) is -0.443. The van der Waals surface area contributed by atoms with Crippen molar-refractivity contribution >= 4 is 6.03 Å². The van der Waals surface area contributed by atoms with Crippen LogP contribution in [0.25, 0.3) is 0 Å². The zero-order valence-corrected chi connectivity index (χ0v) is 19.8. The minimum absolute atomic E-state index is 0.149. The number of alkyl halides is 3. The highest BCUT2D eigenvalue weighted by Gasteiger charge is 2.41. The fraction of sp³-hybridized carbons (Fsp3) is 0.593. The molecule has 3 aliphatic carbocycles. The molecule has 1 heterocycles. The van der Waals surface area contributed by atoms with Gasteiger partial charge in [-0.2, -0.15) is 13.2 Å². The zero-order chi connectivity index (χ0) is 24.6. The summed E-state index contributed by atoms with van der Waals surface area (Å²) in [5.41, 5.74) is 3.74. The van der Waals surface area contributed by atoms with Crippen molar-refractivity contribution in [1.82, 2.24) is 15.5 Å². The van der Waals surface area contributed by atoms with Crippen molar-refractivity contribution in [3.05, 3.63) is 58.9 Å². The van der Waals surface area contributed by atoms with E-state index in [4.69, 9.17) is 0 Å². The van der Waals surface area contributed by atoms with Crippen LogP contribution in [-0.4, -0.2) is 42.3 Å². The molecule has 0 saturated heterocycles. The fourth-order valence-corrected chi connectivity index (χ4v) is 6.40. The molecule has 0 unspecified atom stereocenters. The minimum Gasteiger partial charge on any atom is -0.335 e. The molecule has 1 spiro atoms. The van der Waals surface area contributed by atoms with E-state index in [-0.39, 0.29) is 30.0 Å². The first kappa shape index (κ1) is 24.3. The number of nitrogens with one attached hydrogen (secondary N) is 2. The number of hydrogen-bond donors (Lipinski definition) is 2. The summed E-state index contributed by atoms with van der Waals surface area (Å²) in [4.78, 5) is 15.2. The molecule has 190 valence electrons. The minimum atomic E-state index is -4.24. The normalized spacial score (nSPS) is 28.0. The lowest BCUT2D eigenvalue weighted by atomic mass is 9.75. The van der Waals surface area contributed by atoms with Gasteiger partial charge in [-0.1, -0.05) is 42.7 Å². The number of amides is 2. The van der Waals surface area contributed by atoms with Crippen LogP contribution < -0.4 is 10.6 Å². The van der Waals surface area contributed by atoms with Gasteiger partial charge in [0, 0.05) is 18.6 Å². The summed E-state index contributed by atoms with van der Waals surface area (Å²) < 4.78 is 51.0. The number of rotatable bonds is 4. The summed E-state index contributed by atoms with van der Waals surface area (Å²) in [6, 6.07) is 5.47. The lowest BCUT2D eigenvalue weighted by Gasteiger charge is -2.42. The van der Waals surface area contributed by atoms with Crippen LogP contribution in [0.4, 0.5) is 22.4 Å². The molecule has 1 aromatic carbocycles. The number of urea groups is 1. The quantitative estimate of drug-likeness (QED) is 0.495. The van der Waals surface area contributed by atoms with E-state index in [1.54, 1.807) is 12.1 Å². The number of benzene rings is 1. The first-order valence-corrected chi connectivity index (χ1v) is 12.7. The fourth-order valence-electron chi connectivity index (χ4n) is 6.40. The Hall–Kier alpha value is -2.35. The number of carbonyl (C=O) groups excluding carboxylic acids is 1. The Morgan fingerprint density at radius 2 is 1.80 bits per heavy atom. The Morgan fingerprint density at radius 1 is 1.09 bits per heavy atom. The van der Waals surface area contributed by atoms with Gasteiger partial charge in [0.1, 0.15) is 5.82 Å². The molecule has 2 saturated carbocycles. The number of halogens is 4. The van der Waals surface area contributed by atoms with Crippen LogP contribution in [0.1, 0.15) is 69.4 Å². The predicted molar refractivity (Wildman–Crippen MR) is 126 cm³/mol. The van der Waals surface area contributed by atoms with E-state index in [9.17, 15) is 22.4 Å². The van der Waals surface area contributed by atoms with Crippen molar-refractivity contribution in [1.29, 1.82) is 0 Å². The van der Waals surface area contributed by atoms with E-state index in [2.05, 4.69) is 22.8 Å². The highest BCUT2D eigenvalue weighted by atomic mass is 19.4. The van der Waals surface area contributed by atoms with E-state index >= 15 is 0 Å². The van der Waals surface area contributed by atoms with Crippen LogP contribution in [0.3, 0.4) is 0 Å². The van der Waals surface area contributed by atoms with Crippen LogP contribution in [0, 0.1) is 11.2 Å². The maximum Gasteiger partial charge on any atom is 0.401 e. The molecule has 1 aliphatic heterocycles. The maximum atomic E-state index is 13.7. The van der Waals surface area contributed by atoms with Crippen LogP contribution in [0.15, 0.2) is 47.6 Å².